The molecule has 0 amide bonds. The molecule has 2 N–H and O–H groups in total. The minimum Gasteiger partial charge on any atom is -0.388 e. The van der Waals surface area contributed by atoms with E-state index in [2.05, 4.69) is 9.97 Å². The van der Waals surface area contributed by atoms with Gasteiger partial charge in [0.1, 0.15) is 17.3 Å². The van der Waals surface area contributed by atoms with Crippen LogP contribution in [0.1, 0.15) is 5.82 Å². The summed E-state index contributed by atoms with van der Waals surface area (Å²) in [5, 5.41) is 9.58. The number of nitrogens with zero attached hydrogens (tertiary/aromatic N) is 1. The maximum atomic E-state index is 11.8. The number of nitrogens with one attached hydrogen (secondary N) is 1. The quantitative estimate of drug-likeness (QED) is 0.740. The average molecular weight is 258 g/mol. The summed E-state index contributed by atoms with van der Waals surface area (Å²) in [6, 6.07) is 11.7. The van der Waals surface area contributed by atoms with Crippen LogP contribution in [0.25, 0.3) is 20.7 Å². The molecular formula is C13H10N2O2S. The Labute approximate surface area is 107 Å². The smallest absolute Gasteiger partial charge is 0.259 e. The predicted octanol–water partition coefficient (Wildman–Crippen LogP) is 2.14. The summed E-state index contributed by atoms with van der Waals surface area (Å²) in [7, 11) is 0. The van der Waals surface area contributed by atoms with Crippen molar-refractivity contribution >= 4 is 21.6 Å². The number of aromatic amines is 1. The zero-order valence-corrected chi connectivity index (χ0v) is 10.2. The average Bonchev–Trinajstić information content (AvgIpc) is 2.84. The van der Waals surface area contributed by atoms with E-state index in [0.717, 1.165) is 10.4 Å². The van der Waals surface area contributed by atoms with Crippen LogP contribution < -0.4 is 5.56 Å². The molecule has 0 aliphatic carbocycles. The van der Waals surface area contributed by atoms with E-state index in [4.69, 9.17) is 5.11 Å². The maximum Gasteiger partial charge on any atom is 0.259 e. The van der Waals surface area contributed by atoms with Crippen LogP contribution in [0, 0.1) is 0 Å². The Kier molecular flexibility index (Phi) is 2.70. The summed E-state index contributed by atoms with van der Waals surface area (Å²) in [6.45, 7) is -0.260. The van der Waals surface area contributed by atoms with Crippen molar-refractivity contribution in [2.45, 2.75) is 6.61 Å². The van der Waals surface area contributed by atoms with Crippen molar-refractivity contribution in [2.24, 2.45) is 0 Å². The van der Waals surface area contributed by atoms with Gasteiger partial charge in [0.25, 0.3) is 5.56 Å². The van der Waals surface area contributed by atoms with Crippen LogP contribution in [-0.4, -0.2) is 15.1 Å². The Bertz CT molecular complexity index is 747. The van der Waals surface area contributed by atoms with Gasteiger partial charge in [-0.15, -0.1) is 11.3 Å². The molecule has 2 aromatic heterocycles. The van der Waals surface area contributed by atoms with Crippen LogP contribution in [0.2, 0.25) is 0 Å². The molecule has 0 saturated heterocycles. The Hall–Kier alpha value is -1.98. The summed E-state index contributed by atoms with van der Waals surface area (Å²) in [5.74, 6) is 0.300. The second-order valence-corrected chi connectivity index (χ2v) is 4.90. The van der Waals surface area contributed by atoms with Crippen LogP contribution in [0.5, 0.6) is 0 Å². The van der Waals surface area contributed by atoms with Gasteiger partial charge in [0.2, 0.25) is 0 Å². The lowest BCUT2D eigenvalue weighted by atomic mass is 10.2. The van der Waals surface area contributed by atoms with Gasteiger partial charge in [-0.1, -0.05) is 30.3 Å². The first kappa shape index (κ1) is 11.1. The molecule has 0 atom stereocenters. The van der Waals surface area contributed by atoms with E-state index in [-0.39, 0.29) is 12.2 Å². The summed E-state index contributed by atoms with van der Waals surface area (Å²) in [5.41, 5.74) is 0.855. The molecular weight excluding hydrogens is 248 g/mol. The van der Waals surface area contributed by atoms with E-state index >= 15 is 0 Å². The van der Waals surface area contributed by atoms with Crippen LogP contribution >= 0.6 is 11.3 Å². The molecule has 18 heavy (non-hydrogen) atoms. The molecule has 4 nitrogen and oxygen atoms in total. The minimum atomic E-state index is -0.260. The summed E-state index contributed by atoms with van der Waals surface area (Å²) >= 11 is 1.45. The van der Waals surface area contributed by atoms with Crippen molar-refractivity contribution in [3.05, 3.63) is 52.6 Å². The van der Waals surface area contributed by atoms with Crippen molar-refractivity contribution in [2.75, 3.05) is 0 Å². The lowest BCUT2D eigenvalue weighted by Crippen LogP contribution is -2.10. The molecule has 0 aliphatic heterocycles. The third-order valence-corrected chi connectivity index (χ3v) is 3.74. The van der Waals surface area contributed by atoms with Gasteiger partial charge >= 0.3 is 0 Å². The molecule has 3 aromatic rings. The van der Waals surface area contributed by atoms with E-state index in [1.807, 2.05) is 36.4 Å². The molecule has 0 unspecified atom stereocenters. The number of benzene rings is 1. The molecule has 1 aromatic carbocycles. The second-order valence-electron chi connectivity index (χ2n) is 3.87. The number of fused-ring (bicyclic) bond motifs is 1. The lowest BCUT2D eigenvalue weighted by molar-refractivity contribution is 0.271. The van der Waals surface area contributed by atoms with Crippen LogP contribution in [0.4, 0.5) is 0 Å². The lowest BCUT2D eigenvalue weighted by Gasteiger charge is -1.94. The first-order chi connectivity index (χ1) is 8.78. The summed E-state index contributed by atoms with van der Waals surface area (Å²) in [6.07, 6.45) is 0. The molecule has 90 valence electrons. The number of H-pyrrole nitrogens is 1. The molecule has 0 radical (unpaired) electrons. The molecule has 0 bridgehead atoms. The Morgan fingerprint density at radius 3 is 2.78 bits per heavy atom. The summed E-state index contributed by atoms with van der Waals surface area (Å²) in [4.78, 5) is 20.2. The first-order valence-electron chi connectivity index (χ1n) is 5.47. The number of aliphatic hydroxyl groups excluding tert-OH is 1. The number of thiophene rings is 1. The molecule has 0 saturated carbocycles. The minimum absolute atomic E-state index is 0.206. The second kappa shape index (κ2) is 4.36. The zero-order valence-electron chi connectivity index (χ0n) is 9.38. The fourth-order valence-corrected chi connectivity index (χ4v) is 2.85. The van der Waals surface area contributed by atoms with Crippen molar-refractivity contribution in [3.8, 4) is 10.4 Å². The van der Waals surface area contributed by atoms with Gasteiger partial charge in [-0.3, -0.25) is 4.79 Å². The Morgan fingerprint density at radius 1 is 1.28 bits per heavy atom. The van der Waals surface area contributed by atoms with Gasteiger partial charge < -0.3 is 10.1 Å². The van der Waals surface area contributed by atoms with Crippen molar-refractivity contribution in [1.82, 2.24) is 9.97 Å². The van der Waals surface area contributed by atoms with Gasteiger partial charge in [0.15, 0.2) is 0 Å². The molecule has 0 spiro atoms. The number of aromatic nitrogens is 2. The Balaban J connectivity index is 2.23. The van der Waals surface area contributed by atoms with Crippen LogP contribution in [-0.2, 0) is 6.61 Å². The number of hydrogen-bond donors (Lipinski definition) is 2. The Morgan fingerprint density at radius 2 is 2.06 bits per heavy atom. The fourth-order valence-electron chi connectivity index (χ4n) is 1.80. The normalized spacial score (nSPS) is 10.9. The van der Waals surface area contributed by atoms with Gasteiger partial charge in [0.05, 0.1) is 5.39 Å². The fraction of sp³-hybridized carbons (Fsp3) is 0.0769. The van der Waals surface area contributed by atoms with E-state index in [1.54, 1.807) is 0 Å². The van der Waals surface area contributed by atoms with E-state index < -0.39 is 0 Å². The van der Waals surface area contributed by atoms with Gasteiger partial charge in [-0.2, -0.15) is 0 Å². The highest BCUT2D eigenvalue weighted by Gasteiger charge is 2.09. The van der Waals surface area contributed by atoms with E-state index in [0.29, 0.717) is 16.0 Å². The van der Waals surface area contributed by atoms with Crippen molar-refractivity contribution < 1.29 is 5.11 Å². The van der Waals surface area contributed by atoms with Crippen molar-refractivity contribution in [3.63, 3.8) is 0 Å². The monoisotopic (exact) mass is 258 g/mol. The first-order valence-corrected chi connectivity index (χ1v) is 6.28. The molecule has 2 heterocycles. The van der Waals surface area contributed by atoms with Crippen molar-refractivity contribution in [1.29, 1.82) is 0 Å². The highest BCUT2D eigenvalue weighted by Crippen LogP contribution is 2.30. The number of aliphatic hydroxyl groups is 1. The topological polar surface area (TPSA) is 66.0 Å². The highest BCUT2D eigenvalue weighted by molar-refractivity contribution is 7.21. The van der Waals surface area contributed by atoms with E-state index in [9.17, 15) is 4.79 Å². The molecule has 3 rings (SSSR count). The third kappa shape index (κ3) is 1.83. The maximum absolute atomic E-state index is 11.8. The molecule has 0 fully saturated rings. The zero-order chi connectivity index (χ0) is 12.5. The molecule has 0 aliphatic rings. The van der Waals surface area contributed by atoms with Crippen LogP contribution in [0.15, 0.2) is 41.2 Å². The van der Waals surface area contributed by atoms with E-state index in [1.165, 1.54) is 11.3 Å². The SMILES string of the molecule is O=c1[nH]c(CO)nc2sc(-c3ccccc3)cc12. The summed E-state index contributed by atoms with van der Waals surface area (Å²) < 4.78 is 0. The largest absolute Gasteiger partial charge is 0.388 e. The molecule has 5 heteroatoms. The van der Waals surface area contributed by atoms with Gasteiger partial charge in [-0.25, -0.2) is 4.98 Å². The highest BCUT2D eigenvalue weighted by atomic mass is 32.1. The van der Waals surface area contributed by atoms with Crippen LogP contribution in [0.3, 0.4) is 0 Å². The van der Waals surface area contributed by atoms with Gasteiger partial charge in [-0.05, 0) is 11.6 Å². The van der Waals surface area contributed by atoms with Gasteiger partial charge in [0, 0.05) is 4.88 Å². The number of rotatable bonds is 2. The standard InChI is InChI=1S/C13H10N2O2S/c16-7-11-14-12(17)9-6-10(18-13(9)15-11)8-4-2-1-3-5-8/h1-6,16H,7H2,(H,14,15,17). The number of hydrogen-bond acceptors (Lipinski definition) is 4. The third-order valence-electron chi connectivity index (χ3n) is 2.66. The predicted molar refractivity (Wildman–Crippen MR) is 71.6 cm³/mol.